The van der Waals surface area contributed by atoms with Crippen molar-refractivity contribution in [2.45, 2.75) is 53.9 Å². The third-order valence-electron chi connectivity index (χ3n) is 5.85. The summed E-state index contributed by atoms with van der Waals surface area (Å²) in [6.45, 7) is 16.3. The molecule has 0 radical (unpaired) electrons. The van der Waals surface area contributed by atoms with Crippen LogP contribution in [0.5, 0.6) is 0 Å². The predicted molar refractivity (Wildman–Crippen MR) is 84.3 cm³/mol. The highest BCUT2D eigenvalue weighted by atomic mass is 14.5. The maximum atomic E-state index is 2.37. The van der Waals surface area contributed by atoms with Crippen molar-refractivity contribution < 1.29 is 0 Å². The molecule has 102 valence electrons. The maximum Gasteiger partial charge on any atom is 0.0342 e. The van der Waals surface area contributed by atoms with Gasteiger partial charge in [-0.15, -0.1) is 0 Å². The lowest BCUT2D eigenvalue weighted by atomic mass is 9.58. The van der Waals surface area contributed by atoms with Crippen LogP contribution in [-0.2, 0) is 5.41 Å². The van der Waals surface area contributed by atoms with Gasteiger partial charge in [-0.3, -0.25) is 0 Å². The van der Waals surface area contributed by atoms with Crippen molar-refractivity contribution in [3.05, 3.63) is 58.2 Å². The van der Waals surface area contributed by atoms with Crippen LogP contribution < -0.4 is 0 Å². The summed E-state index contributed by atoms with van der Waals surface area (Å²) in [5, 5.41) is 0. The van der Waals surface area contributed by atoms with E-state index in [0.717, 1.165) is 0 Å². The van der Waals surface area contributed by atoms with E-state index >= 15 is 0 Å². The van der Waals surface area contributed by atoms with Gasteiger partial charge in [0, 0.05) is 10.8 Å². The van der Waals surface area contributed by atoms with E-state index < -0.39 is 0 Å². The lowest BCUT2D eigenvalue weighted by Gasteiger charge is -2.46. The Bertz CT molecular complexity index is 525. The molecule has 0 fully saturated rings. The fourth-order valence-electron chi connectivity index (χ4n) is 3.45. The molecule has 1 aliphatic rings. The van der Waals surface area contributed by atoms with Gasteiger partial charge in [0.25, 0.3) is 0 Å². The Balaban J connectivity index is 2.74. The summed E-state index contributed by atoms with van der Waals surface area (Å²) in [7, 11) is 0. The first-order valence-electron chi connectivity index (χ1n) is 7.16. The van der Waals surface area contributed by atoms with Gasteiger partial charge >= 0.3 is 0 Å². The Morgan fingerprint density at radius 2 is 1.05 bits per heavy atom. The molecule has 0 heterocycles. The van der Waals surface area contributed by atoms with Gasteiger partial charge in [0.2, 0.25) is 0 Å². The van der Waals surface area contributed by atoms with Gasteiger partial charge in [0.05, 0.1) is 0 Å². The van der Waals surface area contributed by atoms with Crippen LogP contribution in [0.3, 0.4) is 0 Å². The molecule has 0 N–H and O–H groups in total. The Kier molecular flexibility index (Phi) is 3.24. The van der Waals surface area contributed by atoms with Crippen LogP contribution in [0.25, 0.3) is 0 Å². The molecule has 0 amide bonds. The molecule has 0 unspecified atom stereocenters. The predicted octanol–water partition coefficient (Wildman–Crippen LogP) is 5.66. The van der Waals surface area contributed by atoms with Crippen LogP contribution in [0, 0.1) is 5.41 Å². The zero-order chi connectivity index (χ0) is 14.4. The maximum absolute atomic E-state index is 2.37. The van der Waals surface area contributed by atoms with E-state index in [9.17, 15) is 0 Å². The molecule has 0 spiro atoms. The van der Waals surface area contributed by atoms with Gasteiger partial charge < -0.3 is 0 Å². The van der Waals surface area contributed by atoms with E-state index in [2.05, 4.69) is 78.8 Å². The van der Waals surface area contributed by atoms with E-state index in [4.69, 9.17) is 0 Å². The van der Waals surface area contributed by atoms with Gasteiger partial charge in [0.15, 0.2) is 0 Å². The van der Waals surface area contributed by atoms with E-state index in [1.807, 2.05) is 0 Å². The molecule has 0 atom stereocenters. The standard InChI is InChI=1S/C19H26/c1-13-15(3)19(7,17-11-9-8-10-12-17)16(4)14(2)18(13,5)6/h8-12H,1-7H3. The quantitative estimate of drug-likeness (QED) is 0.567. The van der Waals surface area contributed by atoms with Crippen molar-refractivity contribution in [1.29, 1.82) is 0 Å². The highest BCUT2D eigenvalue weighted by Gasteiger charge is 2.41. The van der Waals surface area contributed by atoms with Crippen LogP contribution in [0.2, 0.25) is 0 Å². The second-order valence-corrected chi connectivity index (χ2v) is 6.62. The van der Waals surface area contributed by atoms with Crippen molar-refractivity contribution >= 4 is 0 Å². The van der Waals surface area contributed by atoms with E-state index in [1.54, 1.807) is 0 Å². The number of allylic oxidation sites excluding steroid dienone is 4. The Hall–Kier alpha value is -1.30. The van der Waals surface area contributed by atoms with E-state index in [1.165, 1.54) is 27.9 Å². The minimum Gasteiger partial charge on any atom is -0.0635 e. The number of rotatable bonds is 1. The average Bonchev–Trinajstić information content (AvgIpc) is 2.42. The molecule has 1 aliphatic carbocycles. The second-order valence-electron chi connectivity index (χ2n) is 6.62. The van der Waals surface area contributed by atoms with Gasteiger partial charge in [0.1, 0.15) is 0 Å². The third-order valence-corrected chi connectivity index (χ3v) is 5.85. The number of hydrogen-bond acceptors (Lipinski definition) is 0. The number of benzene rings is 1. The largest absolute Gasteiger partial charge is 0.0635 e. The minimum atomic E-state index is 0.0466. The Morgan fingerprint density at radius 1 is 0.632 bits per heavy atom. The third kappa shape index (κ3) is 1.81. The van der Waals surface area contributed by atoms with Gasteiger partial charge in [-0.1, -0.05) is 66.5 Å². The SMILES string of the molecule is CC1=C(C)C(C)(c2ccccc2)C(C)=C(C)C1(C)C. The normalized spacial score (nSPS) is 21.8. The summed E-state index contributed by atoms with van der Waals surface area (Å²) in [6, 6.07) is 10.9. The molecule has 0 bridgehead atoms. The highest BCUT2D eigenvalue weighted by molar-refractivity contribution is 5.54. The topological polar surface area (TPSA) is 0 Å². The second kappa shape index (κ2) is 4.37. The molecule has 1 aromatic rings. The van der Waals surface area contributed by atoms with Crippen molar-refractivity contribution in [2.24, 2.45) is 5.41 Å². The number of hydrogen-bond donors (Lipinski definition) is 0. The van der Waals surface area contributed by atoms with Crippen molar-refractivity contribution in [3.63, 3.8) is 0 Å². The first kappa shape index (κ1) is 14.1. The smallest absolute Gasteiger partial charge is 0.0342 e. The first-order chi connectivity index (χ1) is 8.74. The molecular formula is C19H26. The summed E-state index contributed by atoms with van der Waals surface area (Å²) in [5.41, 5.74) is 7.68. The summed E-state index contributed by atoms with van der Waals surface area (Å²) >= 11 is 0. The Morgan fingerprint density at radius 3 is 1.47 bits per heavy atom. The zero-order valence-corrected chi connectivity index (χ0v) is 13.4. The summed E-state index contributed by atoms with van der Waals surface area (Å²) in [6.07, 6.45) is 0. The van der Waals surface area contributed by atoms with Crippen LogP contribution in [-0.4, -0.2) is 0 Å². The summed E-state index contributed by atoms with van der Waals surface area (Å²) < 4.78 is 0. The van der Waals surface area contributed by atoms with E-state index in [-0.39, 0.29) is 10.8 Å². The zero-order valence-electron chi connectivity index (χ0n) is 13.4. The highest BCUT2D eigenvalue weighted by Crippen LogP contribution is 2.52. The molecule has 0 nitrogen and oxygen atoms in total. The van der Waals surface area contributed by atoms with Gasteiger partial charge in [-0.05, 0) is 40.2 Å². The van der Waals surface area contributed by atoms with Gasteiger partial charge in [-0.25, -0.2) is 0 Å². The molecule has 2 rings (SSSR count). The Labute approximate surface area is 118 Å². The minimum absolute atomic E-state index is 0.0466. The van der Waals surface area contributed by atoms with Crippen molar-refractivity contribution in [2.75, 3.05) is 0 Å². The molecule has 0 heteroatoms. The fourth-order valence-corrected chi connectivity index (χ4v) is 3.45. The van der Waals surface area contributed by atoms with Gasteiger partial charge in [-0.2, -0.15) is 0 Å². The van der Waals surface area contributed by atoms with Crippen LogP contribution in [0.15, 0.2) is 52.6 Å². The lowest BCUT2D eigenvalue weighted by molar-refractivity contribution is 0.465. The van der Waals surface area contributed by atoms with Crippen LogP contribution in [0.4, 0.5) is 0 Å². The average molecular weight is 254 g/mol. The summed E-state index contributed by atoms with van der Waals surface area (Å²) in [4.78, 5) is 0. The molecule has 0 aliphatic heterocycles. The first-order valence-corrected chi connectivity index (χ1v) is 7.16. The lowest BCUT2D eigenvalue weighted by Crippen LogP contribution is -2.35. The molecular weight excluding hydrogens is 228 g/mol. The van der Waals surface area contributed by atoms with Crippen molar-refractivity contribution in [3.8, 4) is 0 Å². The summed E-state index contributed by atoms with van der Waals surface area (Å²) in [5.74, 6) is 0. The molecule has 0 aromatic heterocycles. The van der Waals surface area contributed by atoms with Crippen LogP contribution >= 0.6 is 0 Å². The molecule has 19 heavy (non-hydrogen) atoms. The monoisotopic (exact) mass is 254 g/mol. The molecule has 1 aromatic carbocycles. The van der Waals surface area contributed by atoms with Crippen LogP contribution in [0.1, 0.15) is 54.0 Å². The van der Waals surface area contributed by atoms with Crippen molar-refractivity contribution in [1.82, 2.24) is 0 Å². The molecule has 0 saturated heterocycles. The fraction of sp³-hybridized carbons (Fsp3) is 0.474. The van der Waals surface area contributed by atoms with E-state index in [0.29, 0.717) is 0 Å². The molecule has 0 saturated carbocycles.